The van der Waals surface area contributed by atoms with E-state index < -0.39 is 0 Å². The third-order valence-electron chi connectivity index (χ3n) is 2.60. The topological polar surface area (TPSA) is 24.4 Å². The first-order valence-corrected chi connectivity index (χ1v) is 4.91. The van der Waals surface area contributed by atoms with Gasteiger partial charge in [0.1, 0.15) is 0 Å². The van der Waals surface area contributed by atoms with E-state index in [4.69, 9.17) is 0 Å². The molecule has 66 valence electrons. The monoisotopic (exact) mass is 164 g/mol. The number of rotatable bonds is 1. The summed E-state index contributed by atoms with van der Waals surface area (Å²) in [4.78, 5) is 4.57. The molecule has 0 saturated heterocycles. The van der Waals surface area contributed by atoms with Gasteiger partial charge in [-0.2, -0.15) is 0 Å². The third kappa shape index (κ3) is 1.68. The molecule has 12 heavy (non-hydrogen) atoms. The summed E-state index contributed by atoms with van der Waals surface area (Å²) in [7, 11) is 0. The van der Waals surface area contributed by atoms with Gasteiger partial charge in [-0.15, -0.1) is 0 Å². The van der Waals surface area contributed by atoms with E-state index in [2.05, 4.69) is 22.6 Å². The Balaban J connectivity index is 1.98. The van der Waals surface area contributed by atoms with E-state index in [1.165, 1.54) is 37.8 Å². The van der Waals surface area contributed by atoms with E-state index in [1.54, 1.807) is 0 Å². The molecule has 1 N–H and O–H groups in total. The van der Waals surface area contributed by atoms with Crippen LogP contribution in [0.2, 0.25) is 0 Å². The van der Waals surface area contributed by atoms with Crippen molar-refractivity contribution in [1.82, 2.24) is 5.32 Å². The van der Waals surface area contributed by atoms with Gasteiger partial charge in [-0.05, 0) is 38.3 Å². The molecule has 0 amide bonds. The van der Waals surface area contributed by atoms with E-state index in [-0.39, 0.29) is 0 Å². The van der Waals surface area contributed by atoms with E-state index in [9.17, 15) is 0 Å². The number of hydrogen-bond acceptors (Lipinski definition) is 2. The number of nitrogens with one attached hydrogen (secondary N) is 1. The molecule has 2 heterocycles. The molecule has 1 unspecified atom stereocenters. The van der Waals surface area contributed by atoms with Crippen molar-refractivity contribution in [2.24, 2.45) is 4.99 Å². The summed E-state index contributed by atoms with van der Waals surface area (Å²) < 4.78 is 0. The molecule has 0 spiro atoms. The van der Waals surface area contributed by atoms with Crippen molar-refractivity contribution in [2.45, 2.75) is 38.1 Å². The van der Waals surface area contributed by atoms with E-state index in [0.717, 1.165) is 6.54 Å². The van der Waals surface area contributed by atoms with E-state index in [1.807, 2.05) is 0 Å². The number of aliphatic imine (C=N–C) groups is 1. The molecular formula is C10H16N2. The lowest BCUT2D eigenvalue weighted by atomic mass is 9.97. The van der Waals surface area contributed by atoms with Gasteiger partial charge in [0.05, 0.1) is 6.04 Å². The minimum absolute atomic E-state index is 0.551. The molecule has 2 rings (SSSR count). The fourth-order valence-electron chi connectivity index (χ4n) is 1.88. The molecule has 2 aliphatic heterocycles. The van der Waals surface area contributed by atoms with Crippen LogP contribution in [0, 0.1) is 0 Å². The van der Waals surface area contributed by atoms with Crippen molar-refractivity contribution in [3.05, 3.63) is 12.3 Å². The highest BCUT2D eigenvalue weighted by Gasteiger charge is 2.17. The van der Waals surface area contributed by atoms with Crippen molar-refractivity contribution in [3.8, 4) is 0 Å². The lowest BCUT2D eigenvalue weighted by Gasteiger charge is -2.24. The van der Waals surface area contributed by atoms with E-state index in [0.29, 0.717) is 6.04 Å². The fraction of sp³-hybridized carbons (Fsp3) is 0.700. The second-order valence-corrected chi connectivity index (χ2v) is 3.53. The number of allylic oxidation sites excluding steroid dienone is 1. The zero-order valence-corrected chi connectivity index (χ0v) is 7.42. The van der Waals surface area contributed by atoms with Crippen LogP contribution < -0.4 is 5.32 Å². The first kappa shape index (κ1) is 7.84. The minimum atomic E-state index is 0.551. The Labute approximate surface area is 73.8 Å². The molecule has 0 aromatic heterocycles. The van der Waals surface area contributed by atoms with Crippen LogP contribution in [0.25, 0.3) is 0 Å². The van der Waals surface area contributed by atoms with Gasteiger partial charge in [0.2, 0.25) is 0 Å². The molecule has 0 bridgehead atoms. The van der Waals surface area contributed by atoms with Crippen LogP contribution in [0.1, 0.15) is 32.1 Å². The third-order valence-corrected chi connectivity index (χ3v) is 2.60. The normalized spacial score (nSPS) is 29.3. The Kier molecular flexibility index (Phi) is 2.45. The van der Waals surface area contributed by atoms with Gasteiger partial charge < -0.3 is 5.32 Å². The van der Waals surface area contributed by atoms with Crippen molar-refractivity contribution >= 4 is 5.71 Å². The summed E-state index contributed by atoms with van der Waals surface area (Å²) in [5.41, 5.74) is 1.41. The van der Waals surface area contributed by atoms with Crippen molar-refractivity contribution in [3.63, 3.8) is 0 Å². The van der Waals surface area contributed by atoms with Crippen molar-refractivity contribution in [2.75, 3.05) is 6.54 Å². The summed E-state index contributed by atoms with van der Waals surface area (Å²) >= 11 is 0. The molecule has 0 fully saturated rings. The predicted molar refractivity (Wildman–Crippen MR) is 51.5 cm³/mol. The molecule has 1 atom stereocenters. The Morgan fingerprint density at radius 2 is 2.42 bits per heavy atom. The van der Waals surface area contributed by atoms with Crippen LogP contribution in [0.15, 0.2) is 17.3 Å². The Morgan fingerprint density at radius 3 is 3.08 bits per heavy atom. The molecule has 2 heteroatoms. The summed E-state index contributed by atoms with van der Waals surface area (Å²) in [5, 5.41) is 3.38. The van der Waals surface area contributed by atoms with Gasteiger partial charge in [-0.1, -0.05) is 6.08 Å². The molecule has 0 aromatic carbocycles. The second-order valence-electron chi connectivity index (χ2n) is 3.53. The Hall–Kier alpha value is -0.790. The average molecular weight is 164 g/mol. The zero-order valence-electron chi connectivity index (χ0n) is 7.42. The highest BCUT2D eigenvalue weighted by molar-refractivity contribution is 5.90. The number of hydrogen-bond donors (Lipinski definition) is 1. The van der Waals surface area contributed by atoms with Gasteiger partial charge in [0.25, 0.3) is 0 Å². The summed E-state index contributed by atoms with van der Waals surface area (Å²) in [6.45, 7) is 1.05. The molecule has 2 aliphatic rings. The smallest absolute Gasteiger partial charge is 0.0639 e. The van der Waals surface area contributed by atoms with Gasteiger partial charge in [-0.3, -0.25) is 4.99 Å². The van der Waals surface area contributed by atoms with E-state index >= 15 is 0 Å². The maximum absolute atomic E-state index is 4.57. The van der Waals surface area contributed by atoms with Crippen molar-refractivity contribution in [1.29, 1.82) is 0 Å². The molecule has 2 nitrogen and oxygen atoms in total. The average Bonchev–Trinajstić information content (AvgIpc) is 2.21. The maximum atomic E-state index is 4.57. The highest BCUT2D eigenvalue weighted by Crippen LogP contribution is 2.14. The zero-order chi connectivity index (χ0) is 8.23. The van der Waals surface area contributed by atoms with Crippen molar-refractivity contribution < 1.29 is 0 Å². The largest absolute Gasteiger partial charge is 0.383 e. The SMILES string of the molecule is C1=CNC(C2=NCCCC2)CC1. The second kappa shape index (κ2) is 3.74. The van der Waals surface area contributed by atoms with Crippen LogP contribution in [0.5, 0.6) is 0 Å². The Morgan fingerprint density at radius 1 is 1.42 bits per heavy atom. The van der Waals surface area contributed by atoms with Gasteiger partial charge in [-0.25, -0.2) is 0 Å². The van der Waals surface area contributed by atoms with Crippen LogP contribution in [-0.4, -0.2) is 18.3 Å². The highest BCUT2D eigenvalue weighted by atomic mass is 14.9. The molecule has 0 saturated carbocycles. The minimum Gasteiger partial charge on any atom is -0.383 e. The van der Waals surface area contributed by atoms with Crippen LogP contribution in [0.4, 0.5) is 0 Å². The van der Waals surface area contributed by atoms with Crippen LogP contribution >= 0.6 is 0 Å². The first-order chi connectivity index (χ1) is 5.97. The predicted octanol–water partition coefficient (Wildman–Crippen LogP) is 1.88. The Bertz CT molecular complexity index is 206. The lowest BCUT2D eigenvalue weighted by Crippen LogP contribution is -2.36. The standard InChI is InChI=1S/C10H16N2/c1-3-7-11-9(5-1)10-6-2-4-8-12-10/h3,7,9,11H,1-2,4-6,8H2. The molecule has 0 aromatic rings. The fourth-order valence-corrected chi connectivity index (χ4v) is 1.88. The summed E-state index contributed by atoms with van der Waals surface area (Å²) in [6.07, 6.45) is 10.5. The molecule has 0 radical (unpaired) electrons. The van der Waals surface area contributed by atoms with Gasteiger partial charge in [0, 0.05) is 12.3 Å². The molecular weight excluding hydrogens is 148 g/mol. The van der Waals surface area contributed by atoms with Crippen LogP contribution in [-0.2, 0) is 0 Å². The maximum Gasteiger partial charge on any atom is 0.0639 e. The van der Waals surface area contributed by atoms with Gasteiger partial charge in [0.15, 0.2) is 0 Å². The molecule has 0 aliphatic carbocycles. The first-order valence-electron chi connectivity index (χ1n) is 4.91. The summed E-state index contributed by atoms with van der Waals surface area (Å²) in [5.74, 6) is 0. The lowest BCUT2D eigenvalue weighted by molar-refractivity contribution is 0.611. The quantitative estimate of drug-likeness (QED) is 0.628. The van der Waals surface area contributed by atoms with Gasteiger partial charge >= 0.3 is 0 Å². The number of nitrogens with zero attached hydrogens (tertiary/aromatic N) is 1. The van der Waals surface area contributed by atoms with Crippen LogP contribution in [0.3, 0.4) is 0 Å². The summed E-state index contributed by atoms with van der Waals surface area (Å²) in [6, 6.07) is 0.551.